The average Bonchev–Trinajstić information content (AvgIpc) is 3.36. The van der Waals surface area contributed by atoms with Gasteiger partial charge in [0.15, 0.2) is 0 Å². The normalized spacial score (nSPS) is 17.9. The maximum atomic E-state index is 12.8. The molecule has 6 heteroatoms. The number of benzene rings is 2. The van der Waals surface area contributed by atoms with Crippen LogP contribution in [0.25, 0.3) is 0 Å². The molecular weight excluding hydrogens is 368 g/mol. The summed E-state index contributed by atoms with van der Waals surface area (Å²) in [5.74, 6) is 0.879. The molecule has 1 fully saturated rings. The summed E-state index contributed by atoms with van der Waals surface area (Å²) < 4.78 is 10.9. The van der Waals surface area contributed by atoms with Gasteiger partial charge in [-0.3, -0.25) is 9.59 Å². The number of amides is 2. The van der Waals surface area contributed by atoms with Gasteiger partial charge < -0.3 is 19.7 Å². The fraction of sp³-hybridized carbons (Fsp3) is 0.391. The van der Waals surface area contributed by atoms with Crippen molar-refractivity contribution in [1.29, 1.82) is 0 Å². The highest BCUT2D eigenvalue weighted by molar-refractivity contribution is 6.01. The van der Waals surface area contributed by atoms with Crippen molar-refractivity contribution in [1.82, 2.24) is 5.32 Å². The standard InChI is InChI=1S/C23H26N2O4/c1-28-20-9-4-3-8-19(20)25-14-18(12-22(25)26)23(27)24-13-17-10-15-6-5-7-16(15)11-21(17)29-2/h3-4,8-11,18H,5-7,12-14H2,1-2H3,(H,24,27). The molecular formula is C23H26N2O4. The van der Waals surface area contributed by atoms with Gasteiger partial charge in [-0.25, -0.2) is 0 Å². The molecule has 2 aromatic carbocycles. The molecule has 4 rings (SSSR count). The molecule has 1 aliphatic heterocycles. The number of ether oxygens (including phenoxy) is 2. The van der Waals surface area contributed by atoms with Crippen LogP contribution >= 0.6 is 0 Å². The number of anilines is 1. The highest BCUT2D eigenvalue weighted by atomic mass is 16.5. The zero-order valence-corrected chi connectivity index (χ0v) is 16.9. The number of carbonyl (C=O) groups excluding carboxylic acids is 2. The number of para-hydroxylation sites is 2. The van der Waals surface area contributed by atoms with Crippen LogP contribution in [0.2, 0.25) is 0 Å². The number of rotatable bonds is 6. The van der Waals surface area contributed by atoms with Gasteiger partial charge in [-0.2, -0.15) is 0 Å². The van der Waals surface area contributed by atoms with E-state index in [2.05, 4.69) is 17.4 Å². The predicted molar refractivity (Wildman–Crippen MR) is 110 cm³/mol. The molecule has 1 atom stereocenters. The second-order valence-electron chi connectivity index (χ2n) is 7.58. The van der Waals surface area contributed by atoms with Gasteiger partial charge >= 0.3 is 0 Å². The van der Waals surface area contributed by atoms with Gasteiger partial charge in [-0.1, -0.05) is 18.2 Å². The molecule has 1 saturated heterocycles. The number of nitrogens with zero attached hydrogens (tertiary/aromatic N) is 1. The van der Waals surface area contributed by atoms with Gasteiger partial charge in [0.1, 0.15) is 11.5 Å². The molecule has 1 aliphatic carbocycles. The summed E-state index contributed by atoms with van der Waals surface area (Å²) in [6.45, 7) is 0.751. The zero-order valence-electron chi connectivity index (χ0n) is 16.9. The number of carbonyl (C=O) groups is 2. The summed E-state index contributed by atoms with van der Waals surface area (Å²) in [4.78, 5) is 26.9. The number of hydrogen-bond donors (Lipinski definition) is 1. The first-order chi connectivity index (χ1) is 14.1. The largest absolute Gasteiger partial charge is 0.496 e. The Hall–Kier alpha value is -3.02. The lowest BCUT2D eigenvalue weighted by Gasteiger charge is -2.19. The van der Waals surface area contributed by atoms with Gasteiger partial charge in [0, 0.05) is 25.1 Å². The molecule has 2 amide bonds. The summed E-state index contributed by atoms with van der Waals surface area (Å²) in [6, 6.07) is 11.6. The number of aryl methyl sites for hydroxylation is 2. The maximum Gasteiger partial charge on any atom is 0.227 e. The van der Waals surface area contributed by atoms with Crippen LogP contribution in [0, 0.1) is 5.92 Å². The van der Waals surface area contributed by atoms with E-state index < -0.39 is 0 Å². The Morgan fingerprint density at radius 1 is 1.10 bits per heavy atom. The first kappa shape index (κ1) is 19.3. The molecule has 0 bridgehead atoms. The van der Waals surface area contributed by atoms with E-state index >= 15 is 0 Å². The SMILES string of the molecule is COc1cc2c(cc1CNC(=O)C1CC(=O)N(c3ccccc3OC)C1)CCC2. The summed E-state index contributed by atoms with van der Waals surface area (Å²) in [5, 5.41) is 3.00. The zero-order chi connectivity index (χ0) is 20.4. The number of methoxy groups -OCH3 is 2. The van der Waals surface area contributed by atoms with Crippen LogP contribution in [0.1, 0.15) is 29.5 Å². The maximum absolute atomic E-state index is 12.8. The lowest BCUT2D eigenvalue weighted by Crippen LogP contribution is -2.32. The highest BCUT2D eigenvalue weighted by Crippen LogP contribution is 2.33. The molecule has 0 saturated carbocycles. The van der Waals surface area contributed by atoms with E-state index in [9.17, 15) is 9.59 Å². The van der Waals surface area contributed by atoms with Gasteiger partial charge in [0.2, 0.25) is 11.8 Å². The highest BCUT2D eigenvalue weighted by Gasteiger charge is 2.36. The fourth-order valence-electron chi connectivity index (χ4n) is 4.28. The van der Waals surface area contributed by atoms with E-state index in [-0.39, 0.29) is 24.2 Å². The van der Waals surface area contributed by atoms with E-state index in [4.69, 9.17) is 9.47 Å². The van der Waals surface area contributed by atoms with E-state index in [1.165, 1.54) is 11.1 Å². The third-order valence-electron chi connectivity index (χ3n) is 5.82. The first-order valence-electron chi connectivity index (χ1n) is 10.0. The minimum absolute atomic E-state index is 0.0650. The Morgan fingerprint density at radius 2 is 1.83 bits per heavy atom. The number of nitrogens with one attached hydrogen (secondary N) is 1. The van der Waals surface area contributed by atoms with Crippen LogP contribution in [0.3, 0.4) is 0 Å². The lowest BCUT2D eigenvalue weighted by atomic mass is 10.0. The van der Waals surface area contributed by atoms with E-state index in [0.717, 1.165) is 30.6 Å². The molecule has 2 aliphatic rings. The molecule has 152 valence electrons. The van der Waals surface area contributed by atoms with Crippen LogP contribution in [-0.2, 0) is 29.0 Å². The van der Waals surface area contributed by atoms with E-state index in [0.29, 0.717) is 24.5 Å². The minimum atomic E-state index is -0.382. The van der Waals surface area contributed by atoms with Crippen molar-refractivity contribution in [3.8, 4) is 11.5 Å². The Balaban J connectivity index is 1.43. The van der Waals surface area contributed by atoms with Gasteiger partial charge in [0.25, 0.3) is 0 Å². The molecule has 29 heavy (non-hydrogen) atoms. The first-order valence-corrected chi connectivity index (χ1v) is 10.0. The van der Waals surface area contributed by atoms with Crippen LogP contribution in [0.4, 0.5) is 5.69 Å². The van der Waals surface area contributed by atoms with Crippen molar-refractivity contribution >= 4 is 17.5 Å². The van der Waals surface area contributed by atoms with Crippen molar-refractivity contribution < 1.29 is 19.1 Å². The van der Waals surface area contributed by atoms with Crippen LogP contribution in [0.15, 0.2) is 36.4 Å². The Morgan fingerprint density at radius 3 is 2.59 bits per heavy atom. The van der Waals surface area contributed by atoms with Crippen molar-refractivity contribution in [2.75, 3.05) is 25.7 Å². The van der Waals surface area contributed by atoms with Crippen LogP contribution in [-0.4, -0.2) is 32.6 Å². The number of fused-ring (bicyclic) bond motifs is 1. The van der Waals surface area contributed by atoms with Crippen LogP contribution < -0.4 is 19.7 Å². The second kappa shape index (κ2) is 8.15. The molecule has 1 N–H and O–H groups in total. The quantitative estimate of drug-likeness (QED) is 0.818. The minimum Gasteiger partial charge on any atom is -0.496 e. The van der Waals surface area contributed by atoms with E-state index in [1.54, 1.807) is 19.1 Å². The molecule has 6 nitrogen and oxygen atoms in total. The summed E-state index contributed by atoms with van der Waals surface area (Å²) in [5.41, 5.74) is 4.36. The van der Waals surface area contributed by atoms with Crippen molar-refractivity contribution in [2.24, 2.45) is 5.92 Å². The third-order valence-corrected chi connectivity index (χ3v) is 5.82. The Labute approximate surface area is 170 Å². The molecule has 1 heterocycles. The van der Waals surface area contributed by atoms with Gasteiger partial charge in [-0.05, 0) is 48.6 Å². The smallest absolute Gasteiger partial charge is 0.227 e. The molecule has 0 spiro atoms. The summed E-state index contributed by atoms with van der Waals surface area (Å²) in [6.07, 6.45) is 3.52. The fourth-order valence-corrected chi connectivity index (χ4v) is 4.28. The Bertz CT molecular complexity index is 940. The molecule has 2 aromatic rings. The molecule has 1 unspecified atom stereocenters. The monoisotopic (exact) mass is 394 g/mol. The summed E-state index contributed by atoms with van der Waals surface area (Å²) >= 11 is 0. The number of hydrogen-bond acceptors (Lipinski definition) is 4. The average molecular weight is 394 g/mol. The predicted octanol–water partition coefficient (Wildman–Crippen LogP) is 2.86. The Kier molecular flexibility index (Phi) is 5.43. The van der Waals surface area contributed by atoms with Crippen LogP contribution in [0.5, 0.6) is 11.5 Å². The molecule has 0 radical (unpaired) electrons. The lowest BCUT2D eigenvalue weighted by molar-refractivity contribution is -0.126. The summed E-state index contributed by atoms with van der Waals surface area (Å²) in [7, 11) is 3.23. The molecule has 0 aromatic heterocycles. The van der Waals surface area contributed by atoms with Gasteiger partial charge in [0.05, 0.1) is 25.8 Å². The topological polar surface area (TPSA) is 67.9 Å². The van der Waals surface area contributed by atoms with Gasteiger partial charge in [-0.15, -0.1) is 0 Å². The van der Waals surface area contributed by atoms with Crippen molar-refractivity contribution in [3.63, 3.8) is 0 Å². The second-order valence-corrected chi connectivity index (χ2v) is 7.58. The third kappa shape index (κ3) is 3.79. The van der Waals surface area contributed by atoms with Crippen molar-refractivity contribution in [3.05, 3.63) is 53.1 Å². The van der Waals surface area contributed by atoms with E-state index in [1.807, 2.05) is 24.3 Å². The van der Waals surface area contributed by atoms with Crippen molar-refractivity contribution in [2.45, 2.75) is 32.2 Å².